The normalized spacial score (nSPS) is 11.7. The number of aliphatic hydroxyl groups is 1. The molecule has 0 fully saturated rings. The van der Waals surface area contributed by atoms with Gasteiger partial charge in [-0.25, -0.2) is 0 Å². The van der Waals surface area contributed by atoms with Gasteiger partial charge in [0.2, 0.25) is 0 Å². The standard InChI is InChI=1S/C10H9N3O2S2/c1-16-10-11-9(15)6(12-13-10)5-7(14)8-3-2-4-17-8/h2-5,14H,1H3,(H,11,13,15)/b7-5-. The number of hydrogen-bond donors (Lipinski definition) is 2. The molecule has 2 N–H and O–H groups in total. The van der Waals surface area contributed by atoms with Crippen LogP contribution >= 0.6 is 23.1 Å². The summed E-state index contributed by atoms with van der Waals surface area (Å²) in [5.74, 6) is 0.0108. The average Bonchev–Trinajstić information content (AvgIpc) is 2.85. The third-order valence-electron chi connectivity index (χ3n) is 1.94. The quantitative estimate of drug-likeness (QED) is 0.657. The lowest BCUT2D eigenvalue weighted by Crippen LogP contribution is -2.14. The van der Waals surface area contributed by atoms with Gasteiger partial charge in [0.05, 0.1) is 4.88 Å². The van der Waals surface area contributed by atoms with Crippen LogP contribution in [-0.2, 0) is 0 Å². The minimum Gasteiger partial charge on any atom is -0.506 e. The van der Waals surface area contributed by atoms with Gasteiger partial charge < -0.3 is 5.11 Å². The molecule has 7 heteroatoms. The van der Waals surface area contributed by atoms with Gasteiger partial charge in [0.25, 0.3) is 5.56 Å². The maximum absolute atomic E-state index is 11.6. The topological polar surface area (TPSA) is 78.9 Å². The van der Waals surface area contributed by atoms with E-state index in [1.54, 1.807) is 12.3 Å². The highest BCUT2D eigenvalue weighted by Crippen LogP contribution is 2.18. The largest absolute Gasteiger partial charge is 0.506 e. The van der Waals surface area contributed by atoms with E-state index in [1.807, 2.05) is 11.4 Å². The monoisotopic (exact) mass is 267 g/mol. The molecule has 0 saturated carbocycles. The van der Waals surface area contributed by atoms with Crippen molar-refractivity contribution in [1.29, 1.82) is 0 Å². The predicted molar refractivity (Wildman–Crippen MR) is 69.3 cm³/mol. The summed E-state index contributed by atoms with van der Waals surface area (Å²) in [7, 11) is 0. The fraction of sp³-hybridized carbons (Fsp3) is 0.100. The number of rotatable bonds is 3. The summed E-state index contributed by atoms with van der Waals surface area (Å²) in [6.45, 7) is 0. The first-order valence-electron chi connectivity index (χ1n) is 4.66. The zero-order chi connectivity index (χ0) is 12.3. The van der Waals surface area contributed by atoms with E-state index in [2.05, 4.69) is 15.2 Å². The minimum absolute atomic E-state index is 0.0108. The molecule has 0 saturated heterocycles. The lowest BCUT2D eigenvalue weighted by Gasteiger charge is -1.97. The molecule has 0 aliphatic carbocycles. The summed E-state index contributed by atoms with van der Waals surface area (Å²) < 4.78 is 0. The van der Waals surface area contributed by atoms with Crippen molar-refractivity contribution in [3.63, 3.8) is 0 Å². The van der Waals surface area contributed by atoms with Crippen LogP contribution in [0.5, 0.6) is 0 Å². The fourth-order valence-corrected chi connectivity index (χ4v) is 2.10. The number of aromatic nitrogens is 3. The molecule has 2 aromatic rings. The van der Waals surface area contributed by atoms with Crippen LogP contribution in [-0.4, -0.2) is 26.5 Å². The van der Waals surface area contributed by atoms with Crippen molar-refractivity contribution in [2.75, 3.05) is 6.26 Å². The Labute approximate surface area is 105 Å². The van der Waals surface area contributed by atoms with Gasteiger partial charge in [-0.3, -0.25) is 9.78 Å². The Balaban J connectivity index is 2.36. The molecule has 5 nitrogen and oxygen atoms in total. The molecule has 17 heavy (non-hydrogen) atoms. The van der Waals surface area contributed by atoms with Gasteiger partial charge in [0.1, 0.15) is 5.76 Å². The number of H-pyrrole nitrogens is 1. The van der Waals surface area contributed by atoms with E-state index in [4.69, 9.17) is 0 Å². The Morgan fingerprint density at radius 2 is 2.41 bits per heavy atom. The van der Waals surface area contributed by atoms with Gasteiger partial charge in [-0.1, -0.05) is 17.8 Å². The number of hydrogen-bond acceptors (Lipinski definition) is 6. The average molecular weight is 267 g/mol. The summed E-state index contributed by atoms with van der Waals surface area (Å²) in [6.07, 6.45) is 3.10. The SMILES string of the molecule is CSc1nnc(/C=C(\O)c2cccs2)c(=O)[nH]1. The molecule has 88 valence electrons. The van der Waals surface area contributed by atoms with Crippen molar-refractivity contribution < 1.29 is 5.11 Å². The van der Waals surface area contributed by atoms with Gasteiger partial charge in [-0.2, -0.15) is 0 Å². The number of aliphatic hydroxyl groups excluding tert-OH is 1. The van der Waals surface area contributed by atoms with E-state index in [1.165, 1.54) is 29.2 Å². The van der Waals surface area contributed by atoms with E-state index in [0.29, 0.717) is 10.0 Å². The first kappa shape index (κ1) is 11.9. The number of nitrogens with zero attached hydrogens (tertiary/aromatic N) is 2. The van der Waals surface area contributed by atoms with Crippen LogP contribution in [0.3, 0.4) is 0 Å². The van der Waals surface area contributed by atoms with Gasteiger partial charge >= 0.3 is 0 Å². The third kappa shape index (κ3) is 2.75. The number of thiophene rings is 1. The van der Waals surface area contributed by atoms with Crippen LogP contribution in [0, 0.1) is 0 Å². The smallest absolute Gasteiger partial charge is 0.277 e. The van der Waals surface area contributed by atoms with Crippen molar-refractivity contribution in [2.24, 2.45) is 0 Å². The summed E-state index contributed by atoms with van der Waals surface area (Å²) in [5.41, 5.74) is -0.277. The van der Waals surface area contributed by atoms with Crippen molar-refractivity contribution in [2.45, 2.75) is 5.16 Å². The maximum atomic E-state index is 11.6. The molecule has 2 rings (SSSR count). The summed E-state index contributed by atoms with van der Waals surface area (Å²) in [6, 6.07) is 3.57. The molecule has 2 aromatic heterocycles. The van der Waals surface area contributed by atoms with Crippen LogP contribution in [0.1, 0.15) is 10.6 Å². The van der Waals surface area contributed by atoms with Crippen molar-refractivity contribution >= 4 is 34.9 Å². The fourth-order valence-electron chi connectivity index (χ4n) is 1.14. The van der Waals surface area contributed by atoms with Crippen molar-refractivity contribution in [1.82, 2.24) is 15.2 Å². The lowest BCUT2D eigenvalue weighted by atomic mass is 10.3. The van der Waals surface area contributed by atoms with Gasteiger partial charge in [-0.05, 0) is 17.7 Å². The van der Waals surface area contributed by atoms with Gasteiger partial charge in [-0.15, -0.1) is 21.5 Å². The van der Waals surface area contributed by atoms with Crippen LogP contribution in [0.25, 0.3) is 11.8 Å². The Morgan fingerprint density at radius 1 is 1.59 bits per heavy atom. The Hall–Kier alpha value is -1.60. The minimum atomic E-state index is -0.368. The van der Waals surface area contributed by atoms with Crippen LogP contribution in [0.4, 0.5) is 0 Å². The second-order valence-electron chi connectivity index (χ2n) is 3.06. The van der Waals surface area contributed by atoms with E-state index in [-0.39, 0.29) is 17.0 Å². The third-order valence-corrected chi connectivity index (χ3v) is 3.40. The molecule has 0 aromatic carbocycles. The molecule has 0 aliphatic rings. The molecule has 0 amide bonds. The molecule has 0 spiro atoms. The van der Waals surface area contributed by atoms with Gasteiger partial charge in [0.15, 0.2) is 10.9 Å². The van der Waals surface area contributed by atoms with Gasteiger partial charge in [0, 0.05) is 6.08 Å². The Bertz CT molecular complexity index is 590. The maximum Gasteiger partial charge on any atom is 0.277 e. The summed E-state index contributed by atoms with van der Waals surface area (Å²) >= 11 is 2.68. The number of aromatic amines is 1. The van der Waals surface area contributed by atoms with E-state index in [9.17, 15) is 9.90 Å². The highest BCUT2D eigenvalue weighted by atomic mass is 32.2. The van der Waals surface area contributed by atoms with Crippen molar-refractivity contribution in [3.05, 3.63) is 38.4 Å². The molecule has 0 unspecified atom stereocenters. The zero-order valence-electron chi connectivity index (χ0n) is 8.88. The summed E-state index contributed by atoms with van der Waals surface area (Å²) in [5, 5.41) is 19.6. The zero-order valence-corrected chi connectivity index (χ0v) is 10.5. The summed E-state index contributed by atoms with van der Waals surface area (Å²) in [4.78, 5) is 14.8. The Kier molecular flexibility index (Phi) is 3.60. The predicted octanol–water partition coefficient (Wildman–Crippen LogP) is 2.00. The second kappa shape index (κ2) is 5.15. The highest BCUT2D eigenvalue weighted by Gasteiger charge is 2.05. The van der Waals surface area contributed by atoms with E-state index in [0.717, 1.165) is 0 Å². The first-order chi connectivity index (χ1) is 8.20. The molecule has 0 bridgehead atoms. The number of thioether (sulfide) groups is 1. The number of nitrogens with one attached hydrogen (secondary N) is 1. The van der Waals surface area contributed by atoms with E-state index < -0.39 is 0 Å². The lowest BCUT2D eigenvalue weighted by molar-refractivity contribution is 0.517. The second-order valence-corrected chi connectivity index (χ2v) is 4.80. The van der Waals surface area contributed by atoms with Crippen LogP contribution in [0.2, 0.25) is 0 Å². The molecular weight excluding hydrogens is 258 g/mol. The van der Waals surface area contributed by atoms with E-state index >= 15 is 0 Å². The Morgan fingerprint density at radius 3 is 3.00 bits per heavy atom. The molecule has 0 radical (unpaired) electrons. The molecule has 0 aliphatic heterocycles. The molecular formula is C10H9N3O2S2. The molecule has 0 atom stereocenters. The molecule has 2 heterocycles. The first-order valence-corrected chi connectivity index (χ1v) is 6.76. The van der Waals surface area contributed by atoms with Crippen LogP contribution < -0.4 is 5.56 Å². The van der Waals surface area contributed by atoms with Crippen molar-refractivity contribution in [3.8, 4) is 0 Å². The van der Waals surface area contributed by atoms with Crippen LogP contribution in [0.15, 0.2) is 27.5 Å². The highest BCUT2D eigenvalue weighted by molar-refractivity contribution is 7.98.